The number of anilines is 1. The molecule has 0 saturated heterocycles. The highest BCUT2D eigenvalue weighted by Gasteiger charge is 2.17. The molecule has 0 aromatic heterocycles. The molecule has 0 bridgehead atoms. The highest BCUT2D eigenvalue weighted by Crippen LogP contribution is 2.27. The summed E-state index contributed by atoms with van der Waals surface area (Å²) in [6.07, 6.45) is 1.81. The second-order valence-electron chi connectivity index (χ2n) is 4.00. The van der Waals surface area contributed by atoms with Gasteiger partial charge >= 0.3 is 0 Å². The van der Waals surface area contributed by atoms with Crippen LogP contribution in [0.4, 0.5) is 5.69 Å². The minimum absolute atomic E-state index is 0.192. The van der Waals surface area contributed by atoms with E-state index in [4.69, 9.17) is 0 Å². The molecule has 0 radical (unpaired) electrons. The van der Waals surface area contributed by atoms with Gasteiger partial charge in [0.15, 0.2) is 0 Å². The molecule has 0 amide bonds. The smallest absolute Gasteiger partial charge is 0.0528 e. The van der Waals surface area contributed by atoms with Crippen molar-refractivity contribution in [2.24, 2.45) is 0 Å². The molecule has 0 spiro atoms. The lowest BCUT2D eigenvalue weighted by Crippen LogP contribution is -2.24. The molecule has 0 aliphatic carbocycles. The summed E-state index contributed by atoms with van der Waals surface area (Å²) in [7, 11) is 0. The van der Waals surface area contributed by atoms with E-state index in [2.05, 4.69) is 29.2 Å². The number of hydrogen-bond acceptors (Lipinski definition) is 2. The van der Waals surface area contributed by atoms with Crippen molar-refractivity contribution in [2.45, 2.75) is 25.9 Å². The molecule has 1 aromatic carbocycles. The summed E-state index contributed by atoms with van der Waals surface area (Å²) in [6.45, 7) is 3.92. The minimum atomic E-state index is -0.192. The van der Waals surface area contributed by atoms with E-state index in [9.17, 15) is 5.11 Å². The fraction of sp³-hybridized carbons (Fsp3) is 0.500. The summed E-state index contributed by atoms with van der Waals surface area (Å²) in [5, 5.41) is 9.23. The van der Waals surface area contributed by atoms with Gasteiger partial charge in [-0.3, -0.25) is 0 Å². The Morgan fingerprint density at radius 1 is 1.43 bits per heavy atom. The Morgan fingerprint density at radius 2 is 2.21 bits per heavy atom. The van der Waals surface area contributed by atoms with Crippen molar-refractivity contribution in [3.05, 3.63) is 29.8 Å². The van der Waals surface area contributed by atoms with E-state index < -0.39 is 0 Å². The van der Waals surface area contributed by atoms with Crippen LogP contribution in [-0.4, -0.2) is 24.3 Å². The highest BCUT2D eigenvalue weighted by molar-refractivity contribution is 5.57. The predicted molar refractivity (Wildman–Crippen MR) is 58.7 cm³/mol. The van der Waals surface area contributed by atoms with Gasteiger partial charge in [-0.25, -0.2) is 0 Å². The zero-order valence-corrected chi connectivity index (χ0v) is 8.61. The topological polar surface area (TPSA) is 23.5 Å². The second-order valence-corrected chi connectivity index (χ2v) is 4.00. The number of fused-ring (bicyclic) bond motifs is 1. The lowest BCUT2D eigenvalue weighted by molar-refractivity contribution is 0.186. The summed E-state index contributed by atoms with van der Waals surface area (Å²) < 4.78 is 0. The van der Waals surface area contributed by atoms with E-state index in [-0.39, 0.29) is 6.10 Å². The molecule has 76 valence electrons. The fourth-order valence-corrected chi connectivity index (χ4v) is 1.98. The van der Waals surface area contributed by atoms with Gasteiger partial charge in [-0.15, -0.1) is 0 Å². The van der Waals surface area contributed by atoms with E-state index in [0.29, 0.717) is 0 Å². The van der Waals surface area contributed by atoms with Crippen molar-refractivity contribution in [3.63, 3.8) is 0 Å². The van der Waals surface area contributed by atoms with Gasteiger partial charge in [-0.05, 0) is 31.4 Å². The van der Waals surface area contributed by atoms with Crippen molar-refractivity contribution < 1.29 is 5.11 Å². The maximum atomic E-state index is 9.23. The number of aliphatic hydroxyl groups excluding tert-OH is 1. The number of aliphatic hydroxyl groups is 1. The number of hydrogen-bond donors (Lipinski definition) is 1. The van der Waals surface area contributed by atoms with E-state index in [1.165, 1.54) is 11.3 Å². The third-order valence-corrected chi connectivity index (χ3v) is 2.80. The molecule has 2 rings (SSSR count). The molecule has 1 heterocycles. The molecule has 1 aromatic rings. The summed E-state index contributed by atoms with van der Waals surface area (Å²) in [6, 6.07) is 8.54. The van der Waals surface area contributed by atoms with Crippen molar-refractivity contribution in [1.82, 2.24) is 0 Å². The zero-order valence-electron chi connectivity index (χ0n) is 8.61. The fourth-order valence-electron chi connectivity index (χ4n) is 1.98. The van der Waals surface area contributed by atoms with Crippen LogP contribution >= 0.6 is 0 Å². The molecule has 0 unspecified atom stereocenters. The molecular formula is C12H17NO. The van der Waals surface area contributed by atoms with Crippen LogP contribution in [0.15, 0.2) is 24.3 Å². The van der Waals surface area contributed by atoms with Crippen LogP contribution in [0.2, 0.25) is 0 Å². The number of rotatable bonds is 3. The summed E-state index contributed by atoms with van der Waals surface area (Å²) in [5.74, 6) is 0. The third kappa shape index (κ3) is 1.90. The Hall–Kier alpha value is -1.02. The van der Waals surface area contributed by atoms with Gasteiger partial charge < -0.3 is 10.0 Å². The van der Waals surface area contributed by atoms with E-state index >= 15 is 0 Å². The monoisotopic (exact) mass is 191 g/mol. The van der Waals surface area contributed by atoms with Crippen LogP contribution in [0.3, 0.4) is 0 Å². The zero-order chi connectivity index (χ0) is 9.97. The first-order valence-electron chi connectivity index (χ1n) is 5.28. The first-order valence-corrected chi connectivity index (χ1v) is 5.28. The molecule has 2 nitrogen and oxygen atoms in total. The third-order valence-electron chi connectivity index (χ3n) is 2.80. The minimum Gasteiger partial charge on any atom is -0.393 e. The van der Waals surface area contributed by atoms with Gasteiger partial charge in [0.05, 0.1) is 6.10 Å². The Bertz CT molecular complexity index is 309. The largest absolute Gasteiger partial charge is 0.393 e. The first kappa shape index (κ1) is 9.53. The number of para-hydroxylation sites is 1. The summed E-state index contributed by atoms with van der Waals surface area (Å²) >= 11 is 0. The molecule has 1 aliphatic heterocycles. The normalized spacial score (nSPS) is 16.9. The Balaban J connectivity index is 2.03. The van der Waals surface area contributed by atoms with Gasteiger partial charge in [0.1, 0.15) is 0 Å². The molecule has 1 atom stereocenters. The maximum absolute atomic E-state index is 9.23. The first-order chi connectivity index (χ1) is 6.77. The molecule has 1 N–H and O–H groups in total. The van der Waals surface area contributed by atoms with Gasteiger partial charge in [0, 0.05) is 18.8 Å². The van der Waals surface area contributed by atoms with E-state index in [0.717, 1.165) is 25.9 Å². The quantitative estimate of drug-likeness (QED) is 0.787. The predicted octanol–water partition coefficient (Wildman–Crippen LogP) is 1.82. The van der Waals surface area contributed by atoms with Gasteiger partial charge in [-0.2, -0.15) is 0 Å². The van der Waals surface area contributed by atoms with Crippen LogP contribution in [0.5, 0.6) is 0 Å². The van der Waals surface area contributed by atoms with Crippen molar-refractivity contribution in [2.75, 3.05) is 18.0 Å². The molecule has 1 aliphatic rings. The van der Waals surface area contributed by atoms with Crippen molar-refractivity contribution in [3.8, 4) is 0 Å². The Kier molecular flexibility index (Phi) is 2.73. The number of nitrogens with zero attached hydrogens (tertiary/aromatic N) is 1. The molecular weight excluding hydrogens is 174 g/mol. The standard InChI is InChI=1S/C12H17NO/c1-10(14)6-8-13-9-7-11-4-2-3-5-12(11)13/h2-5,10,14H,6-9H2,1H3/t10-/m0/s1. The van der Waals surface area contributed by atoms with E-state index in [1.807, 2.05) is 6.92 Å². The maximum Gasteiger partial charge on any atom is 0.0528 e. The lowest BCUT2D eigenvalue weighted by atomic mass is 10.2. The Morgan fingerprint density at radius 3 is 3.00 bits per heavy atom. The molecule has 2 heteroatoms. The van der Waals surface area contributed by atoms with Crippen molar-refractivity contribution >= 4 is 5.69 Å². The average molecular weight is 191 g/mol. The summed E-state index contributed by atoms with van der Waals surface area (Å²) in [5.41, 5.74) is 2.80. The van der Waals surface area contributed by atoms with Crippen LogP contribution in [0, 0.1) is 0 Å². The molecule has 14 heavy (non-hydrogen) atoms. The number of benzene rings is 1. The lowest BCUT2D eigenvalue weighted by Gasteiger charge is -2.19. The molecule has 0 fully saturated rings. The van der Waals surface area contributed by atoms with E-state index in [1.54, 1.807) is 0 Å². The van der Waals surface area contributed by atoms with Gasteiger partial charge in [-0.1, -0.05) is 18.2 Å². The van der Waals surface area contributed by atoms with Crippen LogP contribution in [-0.2, 0) is 6.42 Å². The van der Waals surface area contributed by atoms with Crippen LogP contribution < -0.4 is 4.90 Å². The van der Waals surface area contributed by atoms with Crippen LogP contribution in [0.1, 0.15) is 18.9 Å². The van der Waals surface area contributed by atoms with Crippen molar-refractivity contribution in [1.29, 1.82) is 0 Å². The van der Waals surface area contributed by atoms with Crippen LogP contribution in [0.25, 0.3) is 0 Å². The summed E-state index contributed by atoms with van der Waals surface area (Å²) in [4.78, 5) is 2.36. The highest BCUT2D eigenvalue weighted by atomic mass is 16.3. The average Bonchev–Trinajstić information content (AvgIpc) is 2.58. The SMILES string of the molecule is C[C@H](O)CCN1CCc2ccccc21. The second kappa shape index (κ2) is 4.01. The van der Waals surface area contributed by atoms with Gasteiger partial charge in [0.25, 0.3) is 0 Å². The Labute approximate surface area is 85.2 Å². The van der Waals surface area contributed by atoms with Gasteiger partial charge in [0.2, 0.25) is 0 Å². The molecule has 0 saturated carbocycles.